The first kappa shape index (κ1) is 25.0. The van der Waals surface area contributed by atoms with Crippen molar-refractivity contribution < 1.29 is 14.3 Å². The number of nitrogens with zero attached hydrogens (tertiary/aromatic N) is 2. The highest BCUT2D eigenvalue weighted by atomic mass is 16.5. The number of methoxy groups -OCH3 is 1. The third kappa shape index (κ3) is 5.25. The molecule has 3 aromatic rings. The van der Waals surface area contributed by atoms with Gasteiger partial charge in [0.1, 0.15) is 11.8 Å². The van der Waals surface area contributed by atoms with Gasteiger partial charge in [-0.3, -0.25) is 14.5 Å². The van der Waals surface area contributed by atoms with E-state index in [1.165, 1.54) is 6.42 Å². The minimum Gasteiger partial charge on any atom is -0.497 e. The van der Waals surface area contributed by atoms with Gasteiger partial charge in [-0.05, 0) is 61.2 Å². The third-order valence-corrected chi connectivity index (χ3v) is 7.47. The Morgan fingerprint density at radius 3 is 2.49 bits per heavy atom. The van der Waals surface area contributed by atoms with Crippen LogP contribution in [0.5, 0.6) is 5.75 Å². The minimum atomic E-state index is -0.671. The van der Waals surface area contributed by atoms with E-state index in [1.54, 1.807) is 12.0 Å². The molecule has 1 saturated carbocycles. The number of ether oxygens (including phenoxy) is 1. The summed E-state index contributed by atoms with van der Waals surface area (Å²) >= 11 is 0. The molecule has 0 bridgehead atoms. The Morgan fingerprint density at radius 1 is 1.00 bits per heavy atom. The Bertz CT molecular complexity index is 1250. The van der Waals surface area contributed by atoms with Gasteiger partial charge < -0.3 is 15.0 Å². The fraction of sp³-hybridized carbons (Fsp3) is 0.355. The van der Waals surface area contributed by atoms with E-state index >= 15 is 0 Å². The number of para-hydroxylation sites is 1. The summed E-state index contributed by atoms with van der Waals surface area (Å²) in [5, 5.41) is 3.28. The van der Waals surface area contributed by atoms with Gasteiger partial charge in [-0.2, -0.15) is 0 Å². The molecule has 37 heavy (non-hydrogen) atoms. The molecule has 1 unspecified atom stereocenters. The van der Waals surface area contributed by atoms with Crippen molar-refractivity contribution in [3.63, 3.8) is 0 Å². The van der Waals surface area contributed by atoms with Crippen LogP contribution in [-0.2, 0) is 16.1 Å². The number of hydrogen-bond donors (Lipinski definition) is 1. The number of carbonyl (C=O) groups excluding carboxylic acids is 2. The lowest BCUT2D eigenvalue weighted by atomic mass is 9.94. The molecule has 0 saturated heterocycles. The Labute approximate surface area is 219 Å². The summed E-state index contributed by atoms with van der Waals surface area (Å²) in [6.45, 7) is 2.67. The van der Waals surface area contributed by atoms with E-state index in [0.717, 1.165) is 59.5 Å². The van der Waals surface area contributed by atoms with E-state index in [0.29, 0.717) is 6.54 Å². The van der Waals surface area contributed by atoms with E-state index in [1.807, 2.05) is 84.6 Å². The van der Waals surface area contributed by atoms with Crippen LogP contribution in [0.2, 0.25) is 0 Å². The van der Waals surface area contributed by atoms with Crippen molar-refractivity contribution >= 4 is 23.2 Å². The lowest BCUT2D eigenvalue weighted by molar-refractivity contribution is -0.124. The van der Waals surface area contributed by atoms with Crippen LogP contribution in [0.15, 0.2) is 72.8 Å². The number of aryl methyl sites for hydroxylation is 1. The molecule has 5 rings (SSSR count). The zero-order valence-electron chi connectivity index (χ0n) is 21.7. The third-order valence-electron chi connectivity index (χ3n) is 7.47. The van der Waals surface area contributed by atoms with Crippen molar-refractivity contribution in [2.24, 2.45) is 0 Å². The first-order chi connectivity index (χ1) is 18.1. The minimum absolute atomic E-state index is 0.00175. The van der Waals surface area contributed by atoms with Crippen molar-refractivity contribution in [1.82, 2.24) is 5.32 Å². The molecule has 1 aliphatic heterocycles. The number of amides is 2. The molecule has 1 aliphatic carbocycles. The molecule has 6 nitrogen and oxygen atoms in total. The van der Waals surface area contributed by atoms with Gasteiger partial charge in [0.2, 0.25) is 5.91 Å². The quantitative estimate of drug-likeness (QED) is 0.443. The van der Waals surface area contributed by atoms with Gasteiger partial charge in [-0.25, -0.2) is 0 Å². The van der Waals surface area contributed by atoms with Crippen molar-refractivity contribution in [1.29, 1.82) is 0 Å². The molecule has 1 N–H and O–H groups in total. The summed E-state index contributed by atoms with van der Waals surface area (Å²) in [6.07, 6.45) is 5.51. The Kier molecular flexibility index (Phi) is 7.56. The van der Waals surface area contributed by atoms with Crippen LogP contribution >= 0.6 is 0 Å². The molecular weight excluding hydrogens is 462 g/mol. The van der Waals surface area contributed by atoms with Crippen LogP contribution in [0.4, 0.5) is 11.4 Å². The second-order valence-electron chi connectivity index (χ2n) is 10.0. The van der Waals surface area contributed by atoms with Gasteiger partial charge in [-0.15, -0.1) is 0 Å². The van der Waals surface area contributed by atoms with E-state index < -0.39 is 6.04 Å². The average molecular weight is 498 g/mol. The topological polar surface area (TPSA) is 61.9 Å². The van der Waals surface area contributed by atoms with E-state index in [-0.39, 0.29) is 24.4 Å². The molecule has 0 spiro atoms. The lowest BCUT2D eigenvalue weighted by Gasteiger charge is -2.33. The monoisotopic (exact) mass is 497 g/mol. The second-order valence-corrected chi connectivity index (χ2v) is 10.0. The molecule has 1 atom stereocenters. The molecular formula is C31H35N3O3. The van der Waals surface area contributed by atoms with Crippen molar-refractivity contribution in [2.45, 2.75) is 57.7 Å². The van der Waals surface area contributed by atoms with Crippen molar-refractivity contribution in [2.75, 3.05) is 23.5 Å². The number of rotatable bonds is 8. The van der Waals surface area contributed by atoms with E-state index in [9.17, 15) is 9.59 Å². The summed E-state index contributed by atoms with van der Waals surface area (Å²) in [5.74, 6) is 0.669. The van der Waals surface area contributed by atoms with Crippen LogP contribution < -0.4 is 19.9 Å². The van der Waals surface area contributed by atoms with Gasteiger partial charge >= 0.3 is 0 Å². The molecule has 0 aromatic heterocycles. The summed E-state index contributed by atoms with van der Waals surface area (Å²) < 4.78 is 5.23. The zero-order chi connectivity index (χ0) is 25.8. The number of hydrogen-bond acceptors (Lipinski definition) is 4. The average Bonchev–Trinajstić information content (AvgIpc) is 3.21. The Morgan fingerprint density at radius 2 is 1.76 bits per heavy atom. The Balaban J connectivity index is 1.43. The number of benzene rings is 3. The Hall–Kier alpha value is -3.64. The van der Waals surface area contributed by atoms with E-state index in [2.05, 4.69) is 5.32 Å². The number of fused-ring (bicyclic) bond motifs is 1. The predicted molar refractivity (Wildman–Crippen MR) is 147 cm³/mol. The molecule has 1 heterocycles. The SMILES string of the molecule is COc1ccc(CNCC(=O)N(c2cccc(C)c2)C2C(=O)N(C3CCCCC3)c3ccccc32)cc1. The van der Waals surface area contributed by atoms with Gasteiger partial charge in [0, 0.05) is 29.5 Å². The first-order valence-corrected chi connectivity index (χ1v) is 13.2. The number of carbonyl (C=O) groups is 2. The van der Waals surface area contributed by atoms with Crippen molar-refractivity contribution in [3.05, 3.63) is 89.5 Å². The van der Waals surface area contributed by atoms with Crippen LogP contribution in [0.1, 0.15) is 54.8 Å². The summed E-state index contributed by atoms with van der Waals surface area (Å²) in [6, 6.07) is 23.1. The molecule has 2 amide bonds. The highest BCUT2D eigenvalue weighted by molar-refractivity contribution is 6.12. The standard InChI is InChI=1S/C31H35N3O3/c1-22-9-8-12-25(19-22)34(29(35)21-32-20-23-15-17-26(37-2)18-16-23)30-27-13-6-7-14-28(27)33(31(30)36)24-10-4-3-5-11-24/h6-9,12-19,24,30,32H,3-5,10-11,20-21H2,1-2H3. The van der Waals surface area contributed by atoms with Crippen LogP contribution in [0.25, 0.3) is 0 Å². The lowest BCUT2D eigenvalue weighted by Crippen LogP contribution is -2.47. The molecule has 6 heteroatoms. The second kappa shape index (κ2) is 11.2. The maximum absolute atomic E-state index is 14.1. The molecule has 2 aliphatic rings. The maximum Gasteiger partial charge on any atom is 0.255 e. The highest BCUT2D eigenvalue weighted by Gasteiger charge is 2.45. The highest BCUT2D eigenvalue weighted by Crippen LogP contribution is 2.44. The molecule has 0 radical (unpaired) electrons. The molecule has 3 aromatic carbocycles. The fourth-order valence-electron chi connectivity index (χ4n) is 5.64. The smallest absolute Gasteiger partial charge is 0.255 e. The zero-order valence-corrected chi connectivity index (χ0v) is 21.7. The maximum atomic E-state index is 14.1. The summed E-state index contributed by atoms with van der Waals surface area (Å²) in [4.78, 5) is 31.7. The first-order valence-electron chi connectivity index (χ1n) is 13.2. The van der Waals surface area contributed by atoms with Gasteiger partial charge in [0.25, 0.3) is 5.91 Å². The number of anilines is 2. The number of nitrogens with one attached hydrogen (secondary N) is 1. The molecule has 192 valence electrons. The van der Waals surface area contributed by atoms with Crippen molar-refractivity contribution in [3.8, 4) is 5.75 Å². The summed E-state index contributed by atoms with van der Waals surface area (Å²) in [7, 11) is 1.64. The summed E-state index contributed by atoms with van der Waals surface area (Å²) in [5.41, 5.74) is 4.70. The van der Waals surface area contributed by atoms with E-state index in [4.69, 9.17) is 4.74 Å². The predicted octanol–water partition coefficient (Wildman–Crippen LogP) is 5.55. The van der Waals surface area contributed by atoms with Gasteiger partial charge in [0.05, 0.1) is 13.7 Å². The van der Waals surface area contributed by atoms with Gasteiger partial charge in [-0.1, -0.05) is 61.7 Å². The fourth-order valence-corrected chi connectivity index (χ4v) is 5.64. The van der Waals surface area contributed by atoms with Gasteiger partial charge in [0.15, 0.2) is 0 Å². The van der Waals surface area contributed by atoms with Crippen LogP contribution in [0.3, 0.4) is 0 Å². The largest absolute Gasteiger partial charge is 0.497 e. The van der Waals surface area contributed by atoms with Crippen LogP contribution in [-0.4, -0.2) is 31.5 Å². The molecule has 1 fully saturated rings. The normalized spacial score (nSPS) is 17.5. The van der Waals surface area contributed by atoms with Crippen LogP contribution in [0, 0.1) is 6.92 Å².